The minimum Gasteiger partial charge on any atom is -0.416 e. The number of carbonyl (C=O) groups excluding carboxylic acids is 1. The Bertz CT molecular complexity index is 869. The molecule has 4 rings (SSSR count). The molecular formula is C20H19N3O3. The number of carbonyl (C=O) groups is 1. The number of benzene rings is 2. The first-order chi connectivity index (χ1) is 12.8. The second-order valence-corrected chi connectivity index (χ2v) is 6.20. The normalized spacial score (nSPS) is 16.5. The molecule has 26 heavy (non-hydrogen) atoms. The van der Waals surface area contributed by atoms with Gasteiger partial charge in [0.1, 0.15) is 0 Å². The maximum Gasteiger partial charge on any atom is 0.251 e. The number of hydrogen-bond acceptors (Lipinski definition) is 5. The first kappa shape index (κ1) is 16.5. The highest BCUT2D eigenvalue weighted by Gasteiger charge is 2.17. The molecule has 1 amide bonds. The van der Waals surface area contributed by atoms with Crippen molar-refractivity contribution in [3.8, 4) is 22.9 Å². The maximum absolute atomic E-state index is 12.2. The molecule has 132 valence electrons. The van der Waals surface area contributed by atoms with E-state index in [-0.39, 0.29) is 12.0 Å². The fourth-order valence-corrected chi connectivity index (χ4v) is 2.92. The first-order valence-corrected chi connectivity index (χ1v) is 8.69. The van der Waals surface area contributed by atoms with E-state index < -0.39 is 0 Å². The molecule has 1 fully saturated rings. The van der Waals surface area contributed by atoms with Gasteiger partial charge in [-0.25, -0.2) is 0 Å². The van der Waals surface area contributed by atoms with E-state index in [0.717, 1.165) is 30.6 Å². The maximum atomic E-state index is 12.2. The molecule has 1 saturated heterocycles. The smallest absolute Gasteiger partial charge is 0.251 e. The second kappa shape index (κ2) is 7.49. The van der Waals surface area contributed by atoms with Crippen molar-refractivity contribution in [2.75, 3.05) is 13.2 Å². The predicted molar refractivity (Wildman–Crippen MR) is 96.5 cm³/mol. The molecule has 3 aromatic rings. The summed E-state index contributed by atoms with van der Waals surface area (Å²) in [5, 5.41) is 11.1. The van der Waals surface area contributed by atoms with Crippen molar-refractivity contribution in [1.29, 1.82) is 0 Å². The zero-order chi connectivity index (χ0) is 17.8. The lowest BCUT2D eigenvalue weighted by Crippen LogP contribution is -2.31. The fraction of sp³-hybridized carbons (Fsp3) is 0.250. The van der Waals surface area contributed by atoms with E-state index in [9.17, 15) is 4.79 Å². The van der Waals surface area contributed by atoms with Crippen molar-refractivity contribution in [3.05, 3.63) is 60.2 Å². The summed E-state index contributed by atoms with van der Waals surface area (Å²) in [6.07, 6.45) is 2.19. The number of ether oxygens (including phenoxy) is 1. The number of amides is 1. The van der Waals surface area contributed by atoms with Crippen molar-refractivity contribution in [1.82, 2.24) is 15.5 Å². The van der Waals surface area contributed by atoms with Gasteiger partial charge in [-0.05, 0) is 49.2 Å². The van der Waals surface area contributed by atoms with Crippen LogP contribution in [0.4, 0.5) is 0 Å². The predicted octanol–water partition coefficient (Wildman–Crippen LogP) is 3.31. The number of nitrogens with one attached hydrogen (secondary N) is 1. The minimum absolute atomic E-state index is 0.109. The highest BCUT2D eigenvalue weighted by Crippen LogP contribution is 2.23. The van der Waals surface area contributed by atoms with Gasteiger partial charge < -0.3 is 14.5 Å². The molecule has 0 radical (unpaired) electrons. The molecule has 0 bridgehead atoms. The van der Waals surface area contributed by atoms with Crippen molar-refractivity contribution >= 4 is 5.91 Å². The molecule has 0 unspecified atom stereocenters. The summed E-state index contributed by atoms with van der Waals surface area (Å²) >= 11 is 0. The molecule has 1 N–H and O–H groups in total. The molecule has 0 saturated carbocycles. The first-order valence-electron chi connectivity index (χ1n) is 8.69. The molecule has 6 heteroatoms. The Hall–Kier alpha value is -2.99. The molecular weight excluding hydrogens is 330 g/mol. The minimum atomic E-state index is -0.109. The average molecular weight is 349 g/mol. The molecule has 2 heterocycles. The van der Waals surface area contributed by atoms with Crippen LogP contribution in [-0.2, 0) is 4.74 Å². The van der Waals surface area contributed by atoms with E-state index in [1.54, 1.807) is 12.1 Å². The summed E-state index contributed by atoms with van der Waals surface area (Å²) in [6.45, 7) is 1.33. The molecule has 1 aliphatic heterocycles. The largest absolute Gasteiger partial charge is 0.416 e. The topological polar surface area (TPSA) is 77.2 Å². The summed E-state index contributed by atoms with van der Waals surface area (Å²) in [5.41, 5.74) is 2.24. The lowest BCUT2D eigenvalue weighted by molar-refractivity contribution is 0.0858. The Balaban J connectivity index is 1.42. The summed E-state index contributed by atoms with van der Waals surface area (Å²) in [6, 6.07) is 16.7. The van der Waals surface area contributed by atoms with Crippen molar-refractivity contribution < 1.29 is 13.9 Å². The standard InChI is InChI=1S/C20H19N3O3/c24-18(21-13-17-7-4-12-25-17)14-8-10-16(11-9-14)20-23-22-19(26-20)15-5-2-1-3-6-15/h1-3,5-6,8-11,17H,4,7,12-13H2,(H,21,24)/t17-/m1/s1. The highest BCUT2D eigenvalue weighted by molar-refractivity contribution is 5.94. The van der Waals surface area contributed by atoms with Gasteiger partial charge in [-0.3, -0.25) is 4.79 Å². The summed E-state index contributed by atoms with van der Waals surface area (Å²) in [7, 11) is 0. The van der Waals surface area contributed by atoms with Gasteiger partial charge in [0.15, 0.2) is 0 Å². The molecule has 0 spiro atoms. The van der Waals surface area contributed by atoms with E-state index in [1.807, 2.05) is 42.5 Å². The average Bonchev–Trinajstić information content (AvgIpc) is 3.39. The monoisotopic (exact) mass is 349 g/mol. The van der Waals surface area contributed by atoms with Gasteiger partial charge in [-0.15, -0.1) is 10.2 Å². The van der Waals surface area contributed by atoms with Crippen molar-refractivity contribution in [2.45, 2.75) is 18.9 Å². The van der Waals surface area contributed by atoms with Crippen molar-refractivity contribution in [2.24, 2.45) is 0 Å². The Morgan fingerprint density at radius 2 is 1.69 bits per heavy atom. The van der Waals surface area contributed by atoms with Crippen LogP contribution < -0.4 is 5.32 Å². The van der Waals surface area contributed by atoms with Gasteiger partial charge in [0.05, 0.1) is 6.10 Å². The van der Waals surface area contributed by atoms with E-state index >= 15 is 0 Å². The van der Waals surface area contributed by atoms with Gasteiger partial charge >= 0.3 is 0 Å². The quantitative estimate of drug-likeness (QED) is 0.765. The number of nitrogens with zero attached hydrogens (tertiary/aromatic N) is 2. The van der Waals surface area contributed by atoms with Crippen LogP contribution in [-0.4, -0.2) is 35.4 Å². The van der Waals surface area contributed by atoms with E-state index in [0.29, 0.717) is 23.9 Å². The molecule has 1 aliphatic rings. The summed E-state index contributed by atoms with van der Waals surface area (Å²) in [5.74, 6) is 0.789. The molecule has 1 aromatic heterocycles. The Labute approximate surface area is 151 Å². The van der Waals surface area contributed by atoms with E-state index in [2.05, 4.69) is 15.5 Å². The van der Waals surface area contributed by atoms with Crippen LogP contribution in [0.5, 0.6) is 0 Å². The van der Waals surface area contributed by atoms with Crippen molar-refractivity contribution in [3.63, 3.8) is 0 Å². The highest BCUT2D eigenvalue weighted by atomic mass is 16.5. The van der Waals surface area contributed by atoms with E-state index in [4.69, 9.17) is 9.15 Å². The van der Waals surface area contributed by atoms with Crippen LogP contribution >= 0.6 is 0 Å². The second-order valence-electron chi connectivity index (χ2n) is 6.20. The van der Waals surface area contributed by atoms with Gasteiger partial charge in [0, 0.05) is 29.8 Å². The lowest BCUT2D eigenvalue weighted by atomic mass is 10.1. The zero-order valence-electron chi connectivity index (χ0n) is 14.2. The van der Waals surface area contributed by atoms with Crippen LogP contribution in [0.2, 0.25) is 0 Å². The van der Waals surface area contributed by atoms with Gasteiger partial charge in [0.2, 0.25) is 11.8 Å². The lowest BCUT2D eigenvalue weighted by Gasteiger charge is -2.10. The molecule has 2 aromatic carbocycles. The van der Waals surface area contributed by atoms with E-state index in [1.165, 1.54) is 0 Å². The van der Waals surface area contributed by atoms with Crippen LogP contribution in [0, 0.1) is 0 Å². The van der Waals surface area contributed by atoms with Crippen LogP contribution in [0.3, 0.4) is 0 Å². The zero-order valence-corrected chi connectivity index (χ0v) is 14.2. The van der Waals surface area contributed by atoms with Gasteiger partial charge in [0.25, 0.3) is 5.91 Å². The Kier molecular flexibility index (Phi) is 4.75. The Morgan fingerprint density at radius 1 is 1.00 bits per heavy atom. The Morgan fingerprint density at radius 3 is 2.35 bits per heavy atom. The number of aromatic nitrogens is 2. The van der Waals surface area contributed by atoms with Crippen LogP contribution in [0.15, 0.2) is 59.0 Å². The molecule has 1 atom stereocenters. The van der Waals surface area contributed by atoms with Gasteiger partial charge in [-0.2, -0.15) is 0 Å². The summed E-state index contributed by atoms with van der Waals surface area (Å²) in [4.78, 5) is 12.2. The third-order valence-corrected chi connectivity index (χ3v) is 4.35. The number of hydrogen-bond donors (Lipinski definition) is 1. The van der Waals surface area contributed by atoms with Gasteiger partial charge in [-0.1, -0.05) is 18.2 Å². The van der Waals surface area contributed by atoms with Crippen LogP contribution in [0.25, 0.3) is 22.9 Å². The fourth-order valence-electron chi connectivity index (χ4n) is 2.92. The summed E-state index contributed by atoms with van der Waals surface area (Å²) < 4.78 is 11.2. The molecule has 0 aliphatic carbocycles. The third kappa shape index (κ3) is 3.65. The molecule has 6 nitrogen and oxygen atoms in total. The third-order valence-electron chi connectivity index (χ3n) is 4.35. The van der Waals surface area contributed by atoms with Crippen LogP contribution in [0.1, 0.15) is 23.2 Å². The SMILES string of the molecule is O=C(NC[C@H]1CCCO1)c1ccc(-c2nnc(-c3ccccc3)o2)cc1. The number of rotatable bonds is 5.